The van der Waals surface area contributed by atoms with Crippen LogP contribution in [0.25, 0.3) is 0 Å². The average Bonchev–Trinajstić information content (AvgIpc) is 2.61. The minimum absolute atomic E-state index is 0.252. The van der Waals surface area contributed by atoms with Gasteiger partial charge in [0.2, 0.25) is 5.79 Å². The molecule has 4 aliphatic heterocycles. The monoisotopic (exact) mass is 380 g/mol. The molecule has 5 rings (SSSR count). The predicted molar refractivity (Wildman–Crippen MR) is 76.6 cm³/mol. The van der Waals surface area contributed by atoms with Gasteiger partial charge in [0, 0.05) is 22.2 Å². The van der Waals surface area contributed by atoms with E-state index in [9.17, 15) is 0 Å². The zero-order valence-electron chi connectivity index (χ0n) is 11.4. The Labute approximate surface area is 127 Å². The first-order valence-electron chi connectivity index (χ1n) is 7.35. The summed E-state index contributed by atoms with van der Waals surface area (Å²) in [5, 5.41) is 0. The minimum Gasteiger partial charge on any atom is -0.349 e. The van der Waals surface area contributed by atoms with Crippen molar-refractivity contribution in [2.45, 2.75) is 61.1 Å². The molecular formula is C14H21IO4. The third kappa shape index (κ3) is 1.71. The van der Waals surface area contributed by atoms with Crippen LogP contribution in [0, 0.1) is 17.8 Å². The lowest BCUT2D eigenvalue weighted by Gasteiger charge is -2.58. The fraction of sp³-hybridized carbons (Fsp3) is 1.00. The van der Waals surface area contributed by atoms with Crippen molar-refractivity contribution in [1.29, 1.82) is 0 Å². The van der Waals surface area contributed by atoms with Gasteiger partial charge in [0.1, 0.15) is 0 Å². The molecule has 4 saturated heterocycles. The zero-order valence-corrected chi connectivity index (χ0v) is 13.6. The molecule has 1 aliphatic carbocycles. The molecule has 5 aliphatic rings. The Hall–Kier alpha value is 0.570. The highest BCUT2D eigenvalue weighted by molar-refractivity contribution is 14.1. The summed E-state index contributed by atoms with van der Waals surface area (Å²) in [4.78, 5) is 11.7. The fourth-order valence-corrected chi connectivity index (χ4v) is 5.79. The highest BCUT2D eigenvalue weighted by Gasteiger charge is 2.68. The molecule has 108 valence electrons. The molecular weight excluding hydrogens is 359 g/mol. The van der Waals surface area contributed by atoms with Gasteiger partial charge in [0.05, 0.1) is 6.61 Å². The van der Waals surface area contributed by atoms with Crippen molar-refractivity contribution in [1.82, 2.24) is 0 Å². The molecule has 0 radical (unpaired) electrons. The lowest BCUT2D eigenvalue weighted by atomic mass is 9.62. The predicted octanol–water partition coefficient (Wildman–Crippen LogP) is 3.04. The number of alkyl halides is 1. The van der Waals surface area contributed by atoms with Crippen molar-refractivity contribution in [3.63, 3.8) is 0 Å². The molecule has 5 fully saturated rings. The molecule has 6 unspecified atom stereocenters. The van der Waals surface area contributed by atoms with Gasteiger partial charge < -0.3 is 9.47 Å². The van der Waals surface area contributed by atoms with Crippen molar-refractivity contribution < 1.29 is 19.2 Å². The Morgan fingerprint density at radius 2 is 1.95 bits per heavy atom. The Morgan fingerprint density at radius 1 is 1.11 bits per heavy atom. The maximum atomic E-state index is 6.15. The van der Waals surface area contributed by atoms with E-state index in [1.54, 1.807) is 0 Å². The smallest absolute Gasteiger partial charge is 0.201 e. The normalized spacial score (nSPS) is 60.5. The second-order valence-corrected chi connectivity index (χ2v) is 8.36. The van der Waals surface area contributed by atoms with E-state index in [4.69, 9.17) is 19.2 Å². The van der Waals surface area contributed by atoms with Gasteiger partial charge in [0.25, 0.3) is 0 Å². The van der Waals surface area contributed by atoms with Gasteiger partial charge in [-0.25, -0.2) is 9.78 Å². The lowest BCUT2D eigenvalue weighted by molar-refractivity contribution is -0.565. The van der Waals surface area contributed by atoms with Crippen LogP contribution in [-0.4, -0.2) is 28.2 Å². The van der Waals surface area contributed by atoms with Crippen LogP contribution in [0.15, 0.2) is 0 Å². The average molecular weight is 380 g/mol. The van der Waals surface area contributed by atoms with Crippen molar-refractivity contribution >= 4 is 22.6 Å². The topological polar surface area (TPSA) is 36.9 Å². The largest absolute Gasteiger partial charge is 0.349 e. The van der Waals surface area contributed by atoms with Crippen LogP contribution in [0.5, 0.6) is 0 Å². The molecule has 0 aromatic rings. The van der Waals surface area contributed by atoms with Gasteiger partial charge in [-0.2, -0.15) is 0 Å². The Kier molecular flexibility index (Phi) is 2.99. The van der Waals surface area contributed by atoms with Crippen molar-refractivity contribution in [3.05, 3.63) is 0 Å². The molecule has 4 heterocycles. The fourth-order valence-electron chi connectivity index (χ4n) is 4.51. The number of rotatable bonds is 0. The van der Waals surface area contributed by atoms with Gasteiger partial charge in [-0.15, -0.1) is 0 Å². The summed E-state index contributed by atoms with van der Waals surface area (Å²) in [6.07, 6.45) is 4.20. The third-order valence-corrected chi connectivity index (χ3v) is 7.03. The first-order valence-corrected chi connectivity index (χ1v) is 8.60. The number of ether oxygens (including phenoxy) is 2. The maximum Gasteiger partial charge on any atom is 0.201 e. The van der Waals surface area contributed by atoms with Crippen LogP contribution >= 0.6 is 22.6 Å². The summed E-state index contributed by atoms with van der Waals surface area (Å²) in [7, 11) is 0. The summed E-state index contributed by atoms with van der Waals surface area (Å²) in [6.45, 7) is 5.01. The van der Waals surface area contributed by atoms with E-state index in [0.717, 1.165) is 19.4 Å². The summed E-state index contributed by atoms with van der Waals surface area (Å²) in [6, 6.07) is 0. The minimum atomic E-state index is -0.630. The Bertz CT molecular complexity index is 392. The molecule has 19 heavy (non-hydrogen) atoms. The second kappa shape index (κ2) is 4.29. The van der Waals surface area contributed by atoms with Gasteiger partial charge >= 0.3 is 0 Å². The summed E-state index contributed by atoms with van der Waals surface area (Å²) >= 11 is 2.59. The second-order valence-electron chi connectivity index (χ2n) is 6.76. The first-order chi connectivity index (χ1) is 9.05. The summed E-state index contributed by atoms with van der Waals surface area (Å²) < 4.78 is 12.8. The van der Waals surface area contributed by atoms with Crippen LogP contribution < -0.4 is 0 Å². The van der Waals surface area contributed by atoms with Gasteiger partial charge in [-0.1, -0.05) is 29.5 Å². The number of hydrogen-bond acceptors (Lipinski definition) is 4. The standard InChI is InChI=1S/C14H21IO4/c1-8-7-16-12-14-9(8)3-4-11(15)10(14)5-6-13(2,17-12)18-19-14/h8-12H,3-7H2,1-2H3/t8?,9?,10-,11?,12?,13?,14?/m0/s1. The molecule has 5 heteroatoms. The molecule has 4 nitrogen and oxygen atoms in total. The molecule has 0 aromatic carbocycles. The maximum absolute atomic E-state index is 6.15. The highest BCUT2D eigenvalue weighted by Crippen LogP contribution is 2.59. The summed E-state index contributed by atoms with van der Waals surface area (Å²) in [5.41, 5.74) is -0.377. The molecule has 0 N–H and O–H groups in total. The van der Waals surface area contributed by atoms with E-state index in [1.165, 1.54) is 12.8 Å². The number of fused-ring (bicyclic) bond motifs is 2. The third-order valence-electron chi connectivity index (χ3n) is 5.54. The van der Waals surface area contributed by atoms with Crippen LogP contribution in [-0.2, 0) is 19.2 Å². The van der Waals surface area contributed by atoms with E-state index >= 15 is 0 Å². The van der Waals surface area contributed by atoms with Crippen molar-refractivity contribution in [3.8, 4) is 0 Å². The van der Waals surface area contributed by atoms with E-state index in [0.29, 0.717) is 21.7 Å². The molecule has 7 atom stereocenters. The van der Waals surface area contributed by atoms with Crippen LogP contribution in [0.3, 0.4) is 0 Å². The van der Waals surface area contributed by atoms with Crippen molar-refractivity contribution in [2.75, 3.05) is 6.61 Å². The highest BCUT2D eigenvalue weighted by atomic mass is 127. The van der Waals surface area contributed by atoms with Crippen LogP contribution in [0.2, 0.25) is 0 Å². The quantitative estimate of drug-likeness (QED) is 0.368. The Balaban J connectivity index is 1.81. The lowest BCUT2D eigenvalue weighted by Crippen LogP contribution is -2.69. The van der Waals surface area contributed by atoms with E-state index in [2.05, 4.69) is 29.5 Å². The molecule has 1 spiro atoms. The number of hydrogen-bond donors (Lipinski definition) is 0. The van der Waals surface area contributed by atoms with Crippen LogP contribution in [0.4, 0.5) is 0 Å². The van der Waals surface area contributed by atoms with Gasteiger partial charge in [-0.3, -0.25) is 0 Å². The molecule has 2 bridgehead atoms. The van der Waals surface area contributed by atoms with Gasteiger partial charge in [-0.05, 0) is 32.1 Å². The van der Waals surface area contributed by atoms with E-state index < -0.39 is 5.79 Å². The molecule has 0 amide bonds. The SMILES string of the molecule is CC1COC2OC3(C)CC[C@H]4C(I)CCC1C24OO3. The molecule has 1 saturated carbocycles. The van der Waals surface area contributed by atoms with Crippen LogP contribution in [0.1, 0.15) is 39.5 Å². The Morgan fingerprint density at radius 3 is 2.79 bits per heavy atom. The van der Waals surface area contributed by atoms with E-state index in [-0.39, 0.29) is 11.9 Å². The summed E-state index contributed by atoms with van der Waals surface area (Å²) in [5.74, 6) is 0.848. The van der Waals surface area contributed by atoms with E-state index in [1.807, 2.05) is 6.92 Å². The molecule has 0 aromatic heterocycles. The zero-order chi connectivity index (χ0) is 13.3. The first kappa shape index (κ1) is 13.2. The van der Waals surface area contributed by atoms with Crippen molar-refractivity contribution in [2.24, 2.45) is 17.8 Å². The number of halogens is 1. The van der Waals surface area contributed by atoms with Gasteiger partial charge in [0.15, 0.2) is 11.9 Å².